The Bertz CT molecular complexity index is 728. The first-order valence-electron chi connectivity index (χ1n) is 10.2. The summed E-state index contributed by atoms with van der Waals surface area (Å²) in [5.74, 6) is 0.0370. The van der Waals surface area contributed by atoms with Crippen LogP contribution in [0.2, 0.25) is 0 Å². The van der Waals surface area contributed by atoms with Gasteiger partial charge >= 0.3 is 6.09 Å². The average molecular weight is 388 g/mol. The predicted molar refractivity (Wildman–Crippen MR) is 109 cm³/mol. The van der Waals surface area contributed by atoms with Crippen molar-refractivity contribution < 1.29 is 14.3 Å². The lowest BCUT2D eigenvalue weighted by atomic mass is 9.77. The zero-order valence-electron chi connectivity index (χ0n) is 17.6. The van der Waals surface area contributed by atoms with Crippen LogP contribution in [0.3, 0.4) is 0 Å². The van der Waals surface area contributed by atoms with Crippen molar-refractivity contribution in [1.29, 1.82) is 0 Å². The molecule has 2 aliphatic rings. The number of nitrogens with one attached hydrogen (secondary N) is 1. The van der Waals surface area contributed by atoms with E-state index in [1.807, 2.05) is 37.8 Å². The third-order valence-corrected chi connectivity index (χ3v) is 5.63. The van der Waals surface area contributed by atoms with Crippen molar-refractivity contribution in [3.8, 4) is 0 Å². The van der Waals surface area contributed by atoms with Crippen molar-refractivity contribution in [3.63, 3.8) is 0 Å². The number of amides is 2. The molecule has 0 radical (unpaired) electrons. The molecular formula is C22H33N3O3. The quantitative estimate of drug-likeness (QED) is 0.862. The minimum atomic E-state index is -0.489. The lowest BCUT2D eigenvalue weighted by Crippen LogP contribution is -2.68. The minimum Gasteiger partial charge on any atom is -0.444 e. The van der Waals surface area contributed by atoms with Crippen molar-refractivity contribution in [1.82, 2.24) is 15.1 Å². The van der Waals surface area contributed by atoms with E-state index in [-0.39, 0.29) is 17.5 Å². The normalized spacial score (nSPS) is 22.6. The Balaban J connectivity index is 1.52. The molecule has 2 amide bonds. The van der Waals surface area contributed by atoms with Crippen molar-refractivity contribution in [2.24, 2.45) is 0 Å². The molecule has 28 heavy (non-hydrogen) atoms. The molecule has 2 fully saturated rings. The Hall–Kier alpha value is -2.08. The topological polar surface area (TPSA) is 61.9 Å². The molecule has 1 spiro atoms. The molecule has 154 valence electrons. The zero-order valence-corrected chi connectivity index (χ0v) is 17.6. The molecule has 6 heteroatoms. The number of hydrogen-bond donors (Lipinski definition) is 1. The van der Waals surface area contributed by atoms with Gasteiger partial charge in [-0.1, -0.05) is 29.8 Å². The van der Waals surface area contributed by atoms with E-state index >= 15 is 0 Å². The van der Waals surface area contributed by atoms with Gasteiger partial charge in [-0.3, -0.25) is 9.69 Å². The number of nitrogens with zero attached hydrogens (tertiary/aromatic N) is 2. The van der Waals surface area contributed by atoms with Crippen molar-refractivity contribution >= 4 is 12.0 Å². The monoisotopic (exact) mass is 387 g/mol. The number of ether oxygens (including phenoxy) is 1. The van der Waals surface area contributed by atoms with E-state index in [1.54, 1.807) is 0 Å². The summed E-state index contributed by atoms with van der Waals surface area (Å²) in [6, 6.07) is 8.17. The van der Waals surface area contributed by atoms with Gasteiger partial charge in [0.15, 0.2) is 0 Å². The van der Waals surface area contributed by atoms with Gasteiger partial charge in [-0.2, -0.15) is 0 Å². The summed E-state index contributed by atoms with van der Waals surface area (Å²) in [5.41, 5.74) is 1.74. The average Bonchev–Trinajstić information content (AvgIpc) is 2.62. The highest BCUT2D eigenvalue weighted by Gasteiger charge is 2.48. The van der Waals surface area contributed by atoms with Gasteiger partial charge in [0.2, 0.25) is 5.91 Å². The van der Waals surface area contributed by atoms with Crippen LogP contribution in [-0.2, 0) is 16.1 Å². The van der Waals surface area contributed by atoms with Crippen LogP contribution in [0.4, 0.5) is 4.79 Å². The molecule has 0 aliphatic carbocycles. The van der Waals surface area contributed by atoms with E-state index in [0.29, 0.717) is 19.6 Å². The third-order valence-electron chi connectivity index (χ3n) is 5.63. The first-order valence-corrected chi connectivity index (χ1v) is 10.2. The third kappa shape index (κ3) is 5.04. The highest BCUT2D eigenvalue weighted by atomic mass is 16.6. The Morgan fingerprint density at radius 3 is 2.64 bits per heavy atom. The molecule has 3 rings (SSSR count). The second kappa shape index (κ2) is 8.11. The van der Waals surface area contributed by atoms with Crippen LogP contribution in [-0.4, -0.2) is 59.1 Å². The molecule has 0 aromatic heterocycles. The van der Waals surface area contributed by atoms with Gasteiger partial charge in [0.25, 0.3) is 0 Å². The van der Waals surface area contributed by atoms with E-state index in [2.05, 4.69) is 29.3 Å². The van der Waals surface area contributed by atoms with E-state index < -0.39 is 5.60 Å². The molecule has 1 aromatic rings. The molecule has 1 N–H and O–H groups in total. The van der Waals surface area contributed by atoms with E-state index in [9.17, 15) is 9.59 Å². The Labute approximate surface area is 168 Å². The first kappa shape index (κ1) is 20.6. The Morgan fingerprint density at radius 1 is 1.21 bits per heavy atom. The molecule has 6 nitrogen and oxygen atoms in total. The summed E-state index contributed by atoms with van der Waals surface area (Å²) in [6.45, 7) is 10.9. The Morgan fingerprint density at radius 2 is 2.00 bits per heavy atom. The van der Waals surface area contributed by atoms with Crippen LogP contribution >= 0.6 is 0 Å². The van der Waals surface area contributed by atoms with Crippen LogP contribution in [0.15, 0.2) is 24.3 Å². The zero-order chi connectivity index (χ0) is 20.4. The molecule has 1 unspecified atom stereocenters. The van der Waals surface area contributed by atoms with Crippen LogP contribution < -0.4 is 5.32 Å². The fourth-order valence-electron chi connectivity index (χ4n) is 4.14. The minimum absolute atomic E-state index is 0.0370. The standard InChI is InChI=1S/C22H33N3O3/c1-17-7-5-8-18(13-17)14-23-19(26)15-25-12-10-22(25)9-6-11-24(16-22)20(27)28-21(2,3)4/h5,7-8,13H,6,9-12,14-16H2,1-4H3,(H,23,26). The van der Waals surface area contributed by atoms with Crippen LogP contribution in [0.1, 0.15) is 51.2 Å². The molecule has 2 saturated heterocycles. The smallest absolute Gasteiger partial charge is 0.410 e. The predicted octanol–water partition coefficient (Wildman–Crippen LogP) is 3.09. The van der Waals surface area contributed by atoms with Crippen LogP contribution in [0.5, 0.6) is 0 Å². The van der Waals surface area contributed by atoms with Crippen molar-refractivity contribution in [2.75, 3.05) is 26.2 Å². The maximum Gasteiger partial charge on any atom is 0.410 e. The molecule has 0 saturated carbocycles. The maximum absolute atomic E-state index is 12.5. The SMILES string of the molecule is Cc1cccc(CNC(=O)CN2CCC23CCCN(C(=O)OC(C)(C)C)C3)c1. The summed E-state index contributed by atoms with van der Waals surface area (Å²) < 4.78 is 5.54. The highest BCUT2D eigenvalue weighted by Crippen LogP contribution is 2.38. The Kier molecular flexibility index (Phi) is 5.98. The number of carbonyl (C=O) groups excluding carboxylic acids is 2. The number of rotatable bonds is 4. The van der Waals surface area contributed by atoms with Gasteiger partial charge < -0.3 is 15.0 Å². The van der Waals surface area contributed by atoms with Crippen LogP contribution in [0, 0.1) is 6.92 Å². The largest absolute Gasteiger partial charge is 0.444 e. The van der Waals surface area contributed by atoms with E-state index in [4.69, 9.17) is 4.74 Å². The van der Waals surface area contributed by atoms with E-state index in [0.717, 1.165) is 37.9 Å². The number of piperidine rings is 1. The summed E-state index contributed by atoms with van der Waals surface area (Å²) in [4.78, 5) is 29.0. The second-order valence-electron chi connectivity index (χ2n) is 9.17. The van der Waals surface area contributed by atoms with Gasteiger partial charge in [0.1, 0.15) is 5.60 Å². The summed E-state index contributed by atoms with van der Waals surface area (Å²) >= 11 is 0. The lowest BCUT2D eigenvalue weighted by Gasteiger charge is -2.56. The van der Waals surface area contributed by atoms with Crippen molar-refractivity contribution in [2.45, 2.75) is 64.6 Å². The fourth-order valence-corrected chi connectivity index (χ4v) is 4.14. The summed E-state index contributed by atoms with van der Waals surface area (Å²) in [6.07, 6.45) is 2.75. The molecule has 1 aromatic carbocycles. The number of carbonyl (C=O) groups is 2. The fraction of sp³-hybridized carbons (Fsp3) is 0.636. The second-order valence-corrected chi connectivity index (χ2v) is 9.17. The van der Waals surface area contributed by atoms with Gasteiger partial charge in [0.05, 0.1) is 6.54 Å². The number of likely N-dealkylation sites (tertiary alicyclic amines) is 2. The molecular weight excluding hydrogens is 354 g/mol. The first-order chi connectivity index (χ1) is 13.2. The molecule has 2 heterocycles. The molecule has 2 aliphatic heterocycles. The van der Waals surface area contributed by atoms with Crippen LogP contribution in [0.25, 0.3) is 0 Å². The number of benzene rings is 1. The maximum atomic E-state index is 12.5. The van der Waals surface area contributed by atoms with Gasteiger partial charge in [-0.25, -0.2) is 4.79 Å². The van der Waals surface area contributed by atoms with Gasteiger partial charge in [0, 0.05) is 31.7 Å². The summed E-state index contributed by atoms with van der Waals surface area (Å²) in [7, 11) is 0. The van der Waals surface area contributed by atoms with Gasteiger partial charge in [-0.05, 0) is 52.5 Å². The molecule has 0 bridgehead atoms. The van der Waals surface area contributed by atoms with Crippen molar-refractivity contribution in [3.05, 3.63) is 35.4 Å². The number of aryl methyl sites for hydroxylation is 1. The van der Waals surface area contributed by atoms with E-state index in [1.165, 1.54) is 5.56 Å². The highest BCUT2D eigenvalue weighted by molar-refractivity contribution is 5.78. The summed E-state index contributed by atoms with van der Waals surface area (Å²) in [5, 5.41) is 3.03. The lowest BCUT2D eigenvalue weighted by molar-refractivity contribution is -0.130. The number of hydrogen-bond acceptors (Lipinski definition) is 4. The van der Waals surface area contributed by atoms with Gasteiger partial charge in [-0.15, -0.1) is 0 Å². The molecule has 1 atom stereocenters.